The Labute approximate surface area is 188 Å². The van der Waals surface area contributed by atoms with Crippen molar-refractivity contribution in [1.82, 2.24) is 15.5 Å². The van der Waals surface area contributed by atoms with Crippen LogP contribution in [0.3, 0.4) is 0 Å². The Morgan fingerprint density at radius 2 is 2.04 bits per heavy atom. The molecule has 2 atom stereocenters. The smallest absolute Gasteiger partial charge is 0.191 e. The van der Waals surface area contributed by atoms with E-state index >= 15 is 0 Å². The SMILES string of the molecule is CCCN1CCC(CN=C(NCC)NCCCOC(C)c2ccccc2)C1.I. The quantitative estimate of drug-likeness (QED) is 0.208. The van der Waals surface area contributed by atoms with Crippen molar-refractivity contribution in [2.45, 2.75) is 46.1 Å². The molecule has 5 nitrogen and oxygen atoms in total. The summed E-state index contributed by atoms with van der Waals surface area (Å²) >= 11 is 0. The molecule has 1 aromatic carbocycles. The van der Waals surface area contributed by atoms with E-state index in [4.69, 9.17) is 9.73 Å². The van der Waals surface area contributed by atoms with Crippen LogP contribution in [-0.4, -0.2) is 56.7 Å². The number of rotatable bonds is 11. The average molecular weight is 502 g/mol. The van der Waals surface area contributed by atoms with Crippen molar-refractivity contribution in [2.24, 2.45) is 10.9 Å². The van der Waals surface area contributed by atoms with Gasteiger partial charge in [-0.1, -0.05) is 37.3 Å². The lowest BCUT2D eigenvalue weighted by Gasteiger charge is -2.16. The zero-order valence-electron chi connectivity index (χ0n) is 17.8. The van der Waals surface area contributed by atoms with E-state index in [-0.39, 0.29) is 30.1 Å². The number of ether oxygens (including phenoxy) is 1. The minimum atomic E-state index is 0. The first-order valence-corrected chi connectivity index (χ1v) is 10.6. The van der Waals surface area contributed by atoms with Gasteiger partial charge in [0.1, 0.15) is 0 Å². The van der Waals surface area contributed by atoms with Crippen molar-refractivity contribution in [2.75, 3.05) is 45.9 Å². The molecule has 0 saturated carbocycles. The molecule has 0 amide bonds. The van der Waals surface area contributed by atoms with Crippen LogP contribution in [0.15, 0.2) is 35.3 Å². The lowest BCUT2D eigenvalue weighted by atomic mass is 10.1. The molecular weight excluding hydrogens is 463 g/mol. The number of halogens is 1. The van der Waals surface area contributed by atoms with Crippen LogP contribution in [0.4, 0.5) is 0 Å². The number of hydrogen-bond donors (Lipinski definition) is 2. The van der Waals surface area contributed by atoms with Crippen molar-refractivity contribution in [3.63, 3.8) is 0 Å². The molecule has 1 aliphatic heterocycles. The van der Waals surface area contributed by atoms with Crippen LogP contribution >= 0.6 is 24.0 Å². The Morgan fingerprint density at radius 1 is 1.25 bits per heavy atom. The minimum absolute atomic E-state index is 0. The Morgan fingerprint density at radius 3 is 2.75 bits per heavy atom. The second kappa shape index (κ2) is 15.0. The maximum Gasteiger partial charge on any atom is 0.191 e. The number of benzene rings is 1. The molecule has 2 rings (SSSR count). The third-order valence-corrected chi connectivity index (χ3v) is 5.01. The van der Waals surface area contributed by atoms with Gasteiger partial charge in [-0.05, 0) is 57.7 Å². The molecule has 0 spiro atoms. The highest BCUT2D eigenvalue weighted by atomic mass is 127. The van der Waals surface area contributed by atoms with Crippen LogP contribution in [-0.2, 0) is 4.74 Å². The molecule has 1 fully saturated rings. The van der Waals surface area contributed by atoms with E-state index in [1.165, 1.54) is 38.0 Å². The van der Waals surface area contributed by atoms with E-state index in [2.05, 4.69) is 60.6 Å². The van der Waals surface area contributed by atoms with Crippen molar-refractivity contribution in [3.05, 3.63) is 35.9 Å². The van der Waals surface area contributed by atoms with E-state index in [9.17, 15) is 0 Å². The summed E-state index contributed by atoms with van der Waals surface area (Å²) in [4.78, 5) is 7.36. The van der Waals surface area contributed by atoms with Gasteiger partial charge in [-0.15, -0.1) is 24.0 Å². The molecule has 1 aliphatic rings. The largest absolute Gasteiger partial charge is 0.374 e. The number of aliphatic imine (C=N–C) groups is 1. The number of hydrogen-bond acceptors (Lipinski definition) is 3. The molecule has 0 aromatic heterocycles. The molecular formula is C22H39IN4O. The first kappa shape index (κ1) is 25.2. The number of nitrogens with zero attached hydrogens (tertiary/aromatic N) is 2. The Bertz CT molecular complexity index is 541. The van der Waals surface area contributed by atoms with Crippen molar-refractivity contribution < 1.29 is 4.74 Å². The fourth-order valence-corrected chi connectivity index (χ4v) is 3.50. The summed E-state index contributed by atoms with van der Waals surface area (Å²) in [5, 5.41) is 6.79. The highest BCUT2D eigenvalue weighted by molar-refractivity contribution is 14.0. The molecule has 2 N–H and O–H groups in total. The lowest BCUT2D eigenvalue weighted by molar-refractivity contribution is 0.0646. The van der Waals surface area contributed by atoms with Gasteiger partial charge >= 0.3 is 0 Å². The second-order valence-corrected chi connectivity index (χ2v) is 7.38. The van der Waals surface area contributed by atoms with Gasteiger partial charge < -0.3 is 20.3 Å². The third kappa shape index (κ3) is 9.56. The van der Waals surface area contributed by atoms with Gasteiger partial charge in [0.15, 0.2) is 5.96 Å². The van der Waals surface area contributed by atoms with E-state index in [0.717, 1.165) is 38.6 Å². The lowest BCUT2D eigenvalue weighted by Crippen LogP contribution is -2.38. The predicted molar refractivity (Wildman–Crippen MR) is 130 cm³/mol. The van der Waals surface area contributed by atoms with Gasteiger partial charge in [-0.2, -0.15) is 0 Å². The molecule has 160 valence electrons. The molecule has 0 radical (unpaired) electrons. The Balaban J connectivity index is 0.00000392. The van der Waals surface area contributed by atoms with E-state index in [0.29, 0.717) is 5.92 Å². The minimum Gasteiger partial charge on any atom is -0.374 e. The number of nitrogens with one attached hydrogen (secondary N) is 2. The van der Waals surface area contributed by atoms with Gasteiger partial charge in [-0.25, -0.2) is 0 Å². The summed E-state index contributed by atoms with van der Waals surface area (Å²) in [6.07, 6.45) is 3.62. The monoisotopic (exact) mass is 502 g/mol. The predicted octanol–water partition coefficient (Wildman–Crippen LogP) is 4.06. The van der Waals surface area contributed by atoms with Gasteiger partial charge in [0.05, 0.1) is 6.10 Å². The molecule has 1 heterocycles. The van der Waals surface area contributed by atoms with E-state index in [1.54, 1.807) is 0 Å². The molecule has 0 bridgehead atoms. The molecule has 1 saturated heterocycles. The van der Waals surface area contributed by atoms with Crippen LogP contribution in [0.1, 0.15) is 51.7 Å². The molecule has 6 heteroatoms. The average Bonchev–Trinajstić information content (AvgIpc) is 3.14. The van der Waals surface area contributed by atoms with Crippen molar-refractivity contribution in [1.29, 1.82) is 0 Å². The highest BCUT2D eigenvalue weighted by Crippen LogP contribution is 2.17. The van der Waals surface area contributed by atoms with Crippen LogP contribution in [0.25, 0.3) is 0 Å². The topological polar surface area (TPSA) is 48.9 Å². The standard InChI is InChI=1S/C22H38N4O.HI/c1-4-14-26-15-12-20(18-26)17-25-22(23-5-2)24-13-9-16-27-19(3)21-10-7-6-8-11-21;/h6-8,10-11,19-20H,4-5,9,12-18H2,1-3H3,(H2,23,24,25);1H. The van der Waals surface area contributed by atoms with Crippen LogP contribution < -0.4 is 10.6 Å². The van der Waals surface area contributed by atoms with Gasteiger partial charge in [0, 0.05) is 32.8 Å². The molecule has 28 heavy (non-hydrogen) atoms. The zero-order valence-corrected chi connectivity index (χ0v) is 20.2. The molecule has 0 aliphatic carbocycles. The summed E-state index contributed by atoms with van der Waals surface area (Å²) < 4.78 is 5.94. The summed E-state index contributed by atoms with van der Waals surface area (Å²) in [5.74, 6) is 1.63. The normalized spacial score (nSPS) is 18.5. The first-order chi connectivity index (χ1) is 13.2. The maximum absolute atomic E-state index is 5.94. The Kier molecular flexibility index (Phi) is 13.5. The van der Waals surface area contributed by atoms with Crippen LogP contribution in [0.5, 0.6) is 0 Å². The summed E-state index contributed by atoms with van der Waals surface area (Å²) in [6, 6.07) is 10.4. The molecule has 2 unspecified atom stereocenters. The van der Waals surface area contributed by atoms with Gasteiger partial charge in [0.2, 0.25) is 0 Å². The van der Waals surface area contributed by atoms with E-state index in [1.807, 2.05) is 6.07 Å². The second-order valence-electron chi connectivity index (χ2n) is 7.38. The summed E-state index contributed by atoms with van der Waals surface area (Å²) in [6.45, 7) is 13.5. The summed E-state index contributed by atoms with van der Waals surface area (Å²) in [7, 11) is 0. The fraction of sp³-hybridized carbons (Fsp3) is 0.682. The third-order valence-electron chi connectivity index (χ3n) is 5.01. The van der Waals surface area contributed by atoms with Crippen LogP contribution in [0, 0.1) is 5.92 Å². The van der Waals surface area contributed by atoms with E-state index < -0.39 is 0 Å². The number of guanidine groups is 1. The maximum atomic E-state index is 5.94. The van der Waals surface area contributed by atoms with Gasteiger partial charge in [0.25, 0.3) is 0 Å². The van der Waals surface area contributed by atoms with Crippen molar-refractivity contribution >= 4 is 29.9 Å². The Hall–Kier alpha value is -0.860. The first-order valence-electron chi connectivity index (χ1n) is 10.6. The highest BCUT2D eigenvalue weighted by Gasteiger charge is 2.21. The fourth-order valence-electron chi connectivity index (χ4n) is 3.50. The van der Waals surface area contributed by atoms with Crippen LogP contribution in [0.2, 0.25) is 0 Å². The number of likely N-dealkylation sites (tertiary alicyclic amines) is 1. The summed E-state index contributed by atoms with van der Waals surface area (Å²) in [5.41, 5.74) is 1.23. The zero-order chi connectivity index (χ0) is 19.3. The van der Waals surface area contributed by atoms with Gasteiger partial charge in [-0.3, -0.25) is 4.99 Å². The molecule has 1 aromatic rings. The van der Waals surface area contributed by atoms with Crippen molar-refractivity contribution in [3.8, 4) is 0 Å².